The Bertz CT molecular complexity index is 996. The van der Waals surface area contributed by atoms with Crippen molar-refractivity contribution in [2.75, 3.05) is 24.6 Å². The van der Waals surface area contributed by atoms with Gasteiger partial charge in [-0.05, 0) is 43.5 Å². The van der Waals surface area contributed by atoms with Crippen molar-refractivity contribution in [3.05, 3.63) is 60.7 Å². The predicted molar refractivity (Wildman–Crippen MR) is 123 cm³/mol. The van der Waals surface area contributed by atoms with Crippen LogP contribution < -0.4 is 24.2 Å². The zero-order valence-corrected chi connectivity index (χ0v) is 17.8. The number of unbranched alkanes of at least 4 members (excludes halogenated alkanes) is 2. The van der Waals surface area contributed by atoms with Crippen molar-refractivity contribution in [3.8, 4) is 17.2 Å². The number of ether oxygens (including phenoxy) is 3. The quantitative estimate of drug-likeness (QED) is 0.345. The van der Waals surface area contributed by atoms with Gasteiger partial charge in [0.15, 0.2) is 0 Å². The molecule has 0 bridgehead atoms. The van der Waals surface area contributed by atoms with Crippen LogP contribution in [0.1, 0.15) is 19.3 Å². The molecule has 0 radical (unpaired) electrons. The first-order chi connectivity index (χ1) is 14.6. The van der Waals surface area contributed by atoms with Crippen LogP contribution in [0, 0.1) is 0 Å². The highest BCUT2D eigenvalue weighted by atomic mass is 32.1. The second kappa shape index (κ2) is 10.6. The van der Waals surface area contributed by atoms with Crippen molar-refractivity contribution < 1.29 is 19.0 Å². The summed E-state index contributed by atoms with van der Waals surface area (Å²) >= 11 is 4.06. The Labute approximate surface area is 182 Å². The number of methoxy groups -OCH3 is 1. The van der Waals surface area contributed by atoms with Gasteiger partial charge in [0.25, 0.3) is 0 Å². The SMILES string of the molecule is COc1ccc(OCCCCCOc2cccc(N(S)C(N)=O)c2)c2ccccc12. The summed E-state index contributed by atoms with van der Waals surface area (Å²) in [5, 5.41) is 2.10. The minimum Gasteiger partial charge on any atom is -0.496 e. The zero-order valence-electron chi connectivity index (χ0n) is 16.9. The van der Waals surface area contributed by atoms with Crippen LogP contribution in [0.2, 0.25) is 0 Å². The molecule has 0 aliphatic heterocycles. The summed E-state index contributed by atoms with van der Waals surface area (Å²) in [5.41, 5.74) is 5.80. The number of carbonyl (C=O) groups excluding carboxylic acids is 1. The maximum absolute atomic E-state index is 11.2. The Hall–Kier alpha value is -3.06. The summed E-state index contributed by atoms with van der Waals surface area (Å²) in [6.07, 6.45) is 2.81. The van der Waals surface area contributed by atoms with Crippen molar-refractivity contribution in [2.45, 2.75) is 19.3 Å². The minimum absolute atomic E-state index is 0.573. The molecule has 3 aromatic rings. The molecule has 0 atom stereocenters. The molecule has 158 valence electrons. The number of benzene rings is 3. The van der Waals surface area contributed by atoms with E-state index < -0.39 is 6.03 Å². The van der Waals surface area contributed by atoms with E-state index in [0.717, 1.165) is 45.8 Å². The van der Waals surface area contributed by atoms with Crippen LogP contribution in [0.4, 0.5) is 10.5 Å². The maximum Gasteiger partial charge on any atom is 0.329 e. The Balaban J connectivity index is 1.41. The van der Waals surface area contributed by atoms with Gasteiger partial charge in [-0.25, -0.2) is 9.10 Å². The Morgan fingerprint density at radius 1 is 0.900 bits per heavy atom. The fourth-order valence-corrected chi connectivity index (χ4v) is 3.26. The first-order valence-electron chi connectivity index (χ1n) is 9.80. The molecule has 0 spiro atoms. The monoisotopic (exact) mass is 426 g/mol. The second-order valence-corrected chi connectivity index (χ2v) is 7.12. The van der Waals surface area contributed by atoms with Gasteiger partial charge in [0.05, 0.1) is 26.0 Å². The molecule has 0 saturated carbocycles. The van der Waals surface area contributed by atoms with E-state index in [1.54, 1.807) is 25.3 Å². The summed E-state index contributed by atoms with van der Waals surface area (Å²) in [6.45, 7) is 1.22. The molecule has 0 aliphatic carbocycles. The first kappa shape index (κ1) is 21.6. The molecule has 0 saturated heterocycles. The lowest BCUT2D eigenvalue weighted by Gasteiger charge is -2.14. The number of hydrogen-bond donors (Lipinski definition) is 2. The van der Waals surface area contributed by atoms with Gasteiger partial charge in [0.1, 0.15) is 17.2 Å². The highest BCUT2D eigenvalue weighted by Crippen LogP contribution is 2.33. The van der Waals surface area contributed by atoms with E-state index in [1.165, 1.54) is 0 Å². The summed E-state index contributed by atoms with van der Waals surface area (Å²) in [6, 6.07) is 18.4. The molecule has 3 aromatic carbocycles. The van der Waals surface area contributed by atoms with Crippen molar-refractivity contribution >= 4 is 35.3 Å². The number of rotatable bonds is 10. The molecule has 6 nitrogen and oxygen atoms in total. The maximum atomic E-state index is 11.2. The van der Waals surface area contributed by atoms with Crippen LogP contribution in [0.3, 0.4) is 0 Å². The lowest BCUT2D eigenvalue weighted by molar-refractivity contribution is 0.257. The highest BCUT2D eigenvalue weighted by Gasteiger charge is 2.09. The van der Waals surface area contributed by atoms with Crippen molar-refractivity contribution in [2.24, 2.45) is 5.73 Å². The topological polar surface area (TPSA) is 74.0 Å². The third kappa shape index (κ3) is 5.51. The van der Waals surface area contributed by atoms with Gasteiger partial charge in [-0.1, -0.05) is 43.1 Å². The fraction of sp³-hybridized carbons (Fsp3) is 0.261. The van der Waals surface area contributed by atoms with E-state index in [9.17, 15) is 4.79 Å². The molecular weight excluding hydrogens is 400 g/mol. The molecular formula is C23H26N2O4S. The lowest BCUT2D eigenvalue weighted by atomic mass is 10.1. The molecule has 2 amide bonds. The number of carbonyl (C=O) groups is 1. The fourth-order valence-electron chi connectivity index (χ4n) is 3.13. The van der Waals surface area contributed by atoms with E-state index in [2.05, 4.69) is 12.8 Å². The first-order valence-corrected chi connectivity index (χ1v) is 10.2. The smallest absolute Gasteiger partial charge is 0.329 e. The van der Waals surface area contributed by atoms with E-state index >= 15 is 0 Å². The number of nitrogens with zero attached hydrogens (tertiary/aromatic N) is 1. The summed E-state index contributed by atoms with van der Waals surface area (Å²) in [4.78, 5) is 11.2. The number of urea groups is 1. The van der Waals surface area contributed by atoms with Gasteiger partial charge in [-0.3, -0.25) is 0 Å². The van der Waals surface area contributed by atoms with Gasteiger partial charge < -0.3 is 19.9 Å². The second-order valence-electron chi connectivity index (χ2n) is 6.72. The van der Waals surface area contributed by atoms with Crippen LogP contribution in [0.25, 0.3) is 10.8 Å². The van der Waals surface area contributed by atoms with Gasteiger partial charge in [-0.15, -0.1) is 0 Å². The number of hydrogen-bond acceptors (Lipinski definition) is 5. The summed E-state index contributed by atoms with van der Waals surface area (Å²) in [7, 11) is 1.67. The lowest BCUT2D eigenvalue weighted by Crippen LogP contribution is -2.27. The van der Waals surface area contributed by atoms with Gasteiger partial charge in [-0.2, -0.15) is 0 Å². The summed E-state index contributed by atoms with van der Waals surface area (Å²) < 4.78 is 18.2. The molecule has 0 aliphatic rings. The molecule has 0 aromatic heterocycles. The van der Waals surface area contributed by atoms with E-state index in [4.69, 9.17) is 19.9 Å². The Morgan fingerprint density at radius 3 is 2.27 bits per heavy atom. The van der Waals surface area contributed by atoms with Crippen LogP contribution >= 0.6 is 12.8 Å². The van der Waals surface area contributed by atoms with Crippen LogP contribution in [0.5, 0.6) is 17.2 Å². The molecule has 30 heavy (non-hydrogen) atoms. The number of anilines is 1. The molecule has 7 heteroatoms. The van der Waals surface area contributed by atoms with Crippen LogP contribution in [0.15, 0.2) is 60.7 Å². The van der Waals surface area contributed by atoms with Gasteiger partial charge in [0, 0.05) is 16.8 Å². The zero-order chi connectivity index (χ0) is 21.3. The van der Waals surface area contributed by atoms with Gasteiger partial charge >= 0.3 is 6.03 Å². The molecule has 2 N–H and O–H groups in total. The van der Waals surface area contributed by atoms with Crippen molar-refractivity contribution in [1.29, 1.82) is 0 Å². The molecule has 3 rings (SSSR count). The number of fused-ring (bicyclic) bond motifs is 1. The Morgan fingerprint density at radius 2 is 1.57 bits per heavy atom. The average Bonchev–Trinajstić information content (AvgIpc) is 2.78. The largest absolute Gasteiger partial charge is 0.496 e. The number of amides is 2. The number of thiol groups is 1. The van der Waals surface area contributed by atoms with E-state index in [-0.39, 0.29) is 0 Å². The third-order valence-electron chi connectivity index (χ3n) is 4.65. The molecule has 0 unspecified atom stereocenters. The average molecular weight is 427 g/mol. The van der Waals surface area contributed by atoms with Gasteiger partial charge in [0.2, 0.25) is 0 Å². The molecule has 0 heterocycles. The molecule has 0 fully saturated rings. The van der Waals surface area contributed by atoms with E-state index in [1.807, 2.05) is 42.5 Å². The third-order valence-corrected chi connectivity index (χ3v) is 5.08. The number of primary amides is 1. The van der Waals surface area contributed by atoms with Crippen LogP contribution in [-0.4, -0.2) is 26.4 Å². The Kier molecular flexibility index (Phi) is 7.68. The summed E-state index contributed by atoms with van der Waals surface area (Å²) in [5.74, 6) is 2.38. The minimum atomic E-state index is -0.639. The number of nitrogens with two attached hydrogens (primary N) is 1. The highest BCUT2D eigenvalue weighted by molar-refractivity contribution is 7.82. The van der Waals surface area contributed by atoms with Crippen LogP contribution in [-0.2, 0) is 0 Å². The van der Waals surface area contributed by atoms with E-state index in [0.29, 0.717) is 24.7 Å². The standard InChI is InChI=1S/C23H26N2O4S/c1-27-21-12-13-22(20-11-4-3-10-19(20)21)29-15-6-2-5-14-28-18-9-7-8-17(16-18)25(30)23(24)26/h3-4,7-13,16,30H,2,5-6,14-15H2,1H3,(H2,24,26). The van der Waals surface area contributed by atoms with Crippen molar-refractivity contribution in [1.82, 2.24) is 0 Å². The normalized spacial score (nSPS) is 10.6. The predicted octanol–water partition coefficient (Wildman–Crippen LogP) is 5.21. The van der Waals surface area contributed by atoms with Crippen molar-refractivity contribution in [3.63, 3.8) is 0 Å².